The lowest BCUT2D eigenvalue weighted by molar-refractivity contribution is -0.119. The molecule has 0 bridgehead atoms. The number of nitrogens with one attached hydrogen (secondary N) is 1. The standard InChI is InChI=1S/C21H17ClN6O4S/c1-12-18(20(33-2)27-19(25-12)16-4-3-7-31-16)21(30)32-9-17(29)26-14-8-13(22)5-6-15(14)28-11-23-10-24-28/h3-8,10-11H,9H2,1-2H3,(H,26,29). The Balaban J connectivity index is 1.48. The number of hydrogen-bond acceptors (Lipinski definition) is 9. The van der Waals surface area contributed by atoms with E-state index in [-0.39, 0.29) is 5.56 Å². The normalized spacial score (nSPS) is 10.8. The molecule has 10 nitrogen and oxygen atoms in total. The molecule has 4 rings (SSSR count). The maximum absolute atomic E-state index is 12.7. The minimum absolute atomic E-state index is 0.191. The van der Waals surface area contributed by atoms with Gasteiger partial charge in [0.05, 0.1) is 23.3 Å². The molecule has 3 heterocycles. The van der Waals surface area contributed by atoms with Gasteiger partial charge >= 0.3 is 5.97 Å². The molecule has 0 saturated heterocycles. The Morgan fingerprint density at radius 3 is 2.82 bits per heavy atom. The molecular weight excluding hydrogens is 468 g/mol. The summed E-state index contributed by atoms with van der Waals surface area (Å²) in [5.74, 6) is -0.417. The first-order valence-corrected chi connectivity index (χ1v) is 11.1. The second-order valence-electron chi connectivity index (χ2n) is 6.62. The maximum Gasteiger partial charge on any atom is 0.343 e. The van der Waals surface area contributed by atoms with Crippen LogP contribution < -0.4 is 5.32 Å². The van der Waals surface area contributed by atoms with Crippen molar-refractivity contribution in [1.29, 1.82) is 0 Å². The minimum Gasteiger partial charge on any atom is -0.461 e. The quantitative estimate of drug-likeness (QED) is 0.237. The highest BCUT2D eigenvalue weighted by Crippen LogP contribution is 2.26. The van der Waals surface area contributed by atoms with Gasteiger partial charge in [-0.1, -0.05) is 11.6 Å². The first-order valence-electron chi connectivity index (χ1n) is 9.54. The maximum atomic E-state index is 12.7. The third kappa shape index (κ3) is 5.04. The number of carbonyl (C=O) groups excluding carboxylic acids is 2. The molecule has 0 aliphatic carbocycles. The van der Waals surface area contributed by atoms with Crippen molar-refractivity contribution in [3.8, 4) is 17.3 Å². The molecule has 0 radical (unpaired) electrons. The monoisotopic (exact) mass is 484 g/mol. The zero-order valence-corrected chi connectivity index (χ0v) is 19.1. The molecule has 0 atom stereocenters. The van der Waals surface area contributed by atoms with Crippen LogP contribution in [0.4, 0.5) is 5.69 Å². The van der Waals surface area contributed by atoms with Crippen LogP contribution >= 0.6 is 23.4 Å². The number of aromatic nitrogens is 5. The van der Waals surface area contributed by atoms with Crippen molar-refractivity contribution < 1.29 is 18.7 Å². The fraction of sp³-hybridized carbons (Fsp3) is 0.143. The SMILES string of the molecule is CSc1nc(-c2ccco2)nc(C)c1C(=O)OCC(=O)Nc1cc(Cl)ccc1-n1cncn1. The number of rotatable bonds is 7. The summed E-state index contributed by atoms with van der Waals surface area (Å²) in [6.45, 7) is 1.15. The molecule has 4 aromatic rings. The Bertz CT molecular complexity index is 1290. The third-order valence-electron chi connectivity index (χ3n) is 4.43. The number of furan rings is 1. The van der Waals surface area contributed by atoms with Crippen molar-refractivity contribution in [1.82, 2.24) is 24.7 Å². The van der Waals surface area contributed by atoms with Crippen LogP contribution in [0.3, 0.4) is 0 Å². The van der Waals surface area contributed by atoms with Gasteiger partial charge in [0.2, 0.25) is 0 Å². The number of amides is 1. The zero-order valence-electron chi connectivity index (χ0n) is 17.5. The van der Waals surface area contributed by atoms with Crippen molar-refractivity contribution in [2.24, 2.45) is 0 Å². The van der Waals surface area contributed by atoms with Gasteiger partial charge in [0.1, 0.15) is 23.2 Å². The molecule has 0 fully saturated rings. The number of aryl methyl sites for hydroxylation is 1. The van der Waals surface area contributed by atoms with Crippen molar-refractivity contribution in [2.75, 3.05) is 18.2 Å². The number of esters is 1. The molecule has 168 valence electrons. The smallest absolute Gasteiger partial charge is 0.343 e. The van der Waals surface area contributed by atoms with Crippen molar-refractivity contribution >= 4 is 40.9 Å². The second-order valence-corrected chi connectivity index (χ2v) is 7.85. The second kappa shape index (κ2) is 9.84. The summed E-state index contributed by atoms with van der Waals surface area (Å²) in [5.41, 5.74) is 1.55. The molecule has 3 aromatic heterocycles. The lowest BCUT2D eigenvalue weighted by atomic mass is 10.2. The summed E-state index contributed by atoms with van der Waals surface area (Å²) in [6.07, 6.45) is 6.15. The van der Waals surface area contributed by atoms with Crippen molar-refractivity contribution in [3.63, 3.8) is 0 Å². The number of hydrogen-bond donors (Lipinski definition) is 1. The predicted molar refractivity (Wildman–Crippen MR) is 122 cm³/mol. The van der Waals surface area contributed by atoms with Crippen LogP contribution in [0.5, 0.6) is 0 Å². The van der Waals surface area contributed by atoms with E-state index in [0.717, 1.165) is 0 Å². The molecule has 0 unspecified atom stereocenters. The van der Waals surface area contributed by atoms with Crippen LogP contribution in [-0.4, -0.2) is 49.5 Å². The van der Waals surface area contributed by atoms with E-state index in [9.17, 15) is 9.59 Å². The van der Waals surface area contributed by atoms with Crippen molar-refractivity contribution in [3.05, 3.63) is 65.5 Å². The highest BCUT2D eigenvalue weighted by molar-refractivity contribution is 7.98. The van der Waals surface area contributed by atoms with E-state index in [1.165, 1.54) is 35.4 Å². The summed E-state index contributed by atoms with van der Waals surface area (Å²) in [4.78, 5) is 37.9. The molecule has 33 heavy (non-hydrogen) atoms. The molecule has 1 aromatic carbocycles. The van der Waals surface area contributed by atoms with E-state index in [2.05, 4.69) is 25.4 Å². The van der Waals surface area contributed by atoms with Crippen molar-refractivity contribution in [2.45, 2.75) is 11.9 Å². The van der Waals surface area contributed by atoms with Gasteiger partial charge in [0, 0.05) is 5.02 Å². The van der Waals surface area contributed by atoms with Crippen LogP contribution in [0.2, 0.25) is 5.02 Å². The lowest BCUT2D eigenvalue weighted by Gasteiger charge is -2.13. The highest BCUT2D eigenvalue weighted by atomic mass is 35.5. The van der Waals surface area contributed by atoms with Gasteiger partial charge in [-0.2, -0.15) is 5.10 Å². The molecule has 1 N–H and O–H groups in total. The Morgan fingerprint density at radius 2 is 2.12 bits per heavy atom. The Labute approximate surface area is 197 Å². The number of nitrogens with zero attached hydrogens (tertiary/aromatic N) is 5. The first-order chi connectivity index (χ1) is 16.0. The van der Waals surface area contributed by atoms with Crippen LogP contribution in [-0.2, 0) is 9.53 Å². The van der Waals surface area contributed by atoms with E-state index in [1.54, 1.807) is 43.5 Å². The molecule has 12 heteroatoms. The molecular formula is C21H17ClN6O4S. The number of anilines is 1. The van der Waals surface area contributed by atoms with Gasteiger partial charge in [-0.15, -0.1) is 11.8 Å². The Hall–Kier alpha value is -3.70. The third-order valence-corrected chi connectivity index (χ3v) is 5.35. The largest absolute Gasteiger partial charge is 0.461 e. The topological polar surface area (TPSA) is 125 Å². The summed E-state index contributed by atoms with van der Waals surface area (Å²) >= 11 is 7.33. The van der Waals surface area contributed by atoms with E-state index in [0.29, 0.717) is 38.7 Å². The van der Waals surface area contributed by atoms with Crippen LogP contribution in [0.25, 0.3) is 17.3 Å². The number of benzene rings is 1. The fourth-order valence-electron chi connectivity index (χ4n) is 2.98. The summed E-state index contributed by atoms with van der Waals surface area (Å²) in [7, 11) is 0. The highest BCUT2D eigenvalue weighted by Gasteiger charge is 2.22. The fourth-order valence-corrected chi connectivity index (χ4v) is 3.76. The van der Waals surface area contributed by atoms with E-state index < -0.39 is 18.5 Å². The average molecular weight is 485 g/mol. The zero-order chi connectivity index (χ0) is 23.4. The summed E-state index contributed by atoms with van der Waals surface area (Å²) in [5, 5.41) is 7.57. The lowest BCUT2D eigenvalue weighted by Crippen LogP contribution is -2.23. The van der Waals surface area contributed by atoms with E-state index >= 15 is 0 Å². The van der Waals surface area contributed by atoms with Gasteiger partial charge in [0.25, 0.3) is 5.91 Å². The van der Waals surface area contributed by atoms with Gasteiger partial charge in [-0.05, 0) is 43.5 Å². The molecule has 0 spiro atoms. The van der Waals surface area contributed by atoms with Gasteiger partial charge in [-0.25, -0.2) is 24.4 Å². The van der Waals surface area contributed by atoms with Gasteiger partial charge in [0.15, 0.2) is 18.2 Å². The molecule has 1 amide bonds. The summed E-state index contributed by atoms with van der Waals surface area (Å²) < 4.78 is 12.0. The molecule has 0 aliphatic rings. The first kappa shape index (κ1) is 22.5. The predicted octanol–water partition coefficient (Wildman–Crippen LogP) is 3.80. The van der Waals surface area contributed by atoms with Gasteiger partial charge in [-0.3, -0.25) is 4.79 Å². The Kier molecular flexibility index (Phi) is 6.71. The van der Waals surface area contributed by atoms with Gasteiger partial charge < -0.3 is 14.5 Å². The van der Waals surface area contributed by atoms with E-state index in [4.69, 9.17) is 20.8 Å². The number of halogens is 1. The summed E-state index contributed by atoms with van der Waals surface area (Å²) in [6, 6.07) is 8.36. The van der Waals surface area contributed by atoms with Crippen LogP contribution in [0.1, 0.15) is 16.1 Å². The Morgan fingerprint density at radius 1 is 1.27 bits per heavy atom. The number of ether oxygens (including phenoxy) is 1. The van der Waals surface area contributed by atoms with Crippen LogP contribution in [0.15, 0.2) is 58.7 Å². The van der Waals surface area contributed by atoms with Crippen LogP contribution in [0, 0.1) is 6.92 Å². The minimum atomic E-state index is -0.708. The number of thioether (sulfide) groups is 1. The number of carbonyl (C=O) groups is 2. The molecule has 0 aliphatic heterocycles. The van der Waals surface area contributed by atoms with E-state index in [1.807, 2.05) is 0 Å². The molecule has 0 saturated carbocycles. The average Bonchev–Trinajstić information content (AvgIpc) is 3.51.